The fraction of sp³-hybridized carbons (Fsp3) is 0.467. The number of thiazole rings is 1. The largest absolute Gasteiger partial charge is 0.495 e. The third-order valence-corrected chi connectivity index (χ3v) is 4.56. The topological polar surface area (TPSA) is 70.3 Å². The van der Waals surface area contributed by atoms with Crippen molar-refractivity contribution in [3.63, 3.8) is 0 Å². The van der Waals surface area contributed by atoms with Crippen molar-refractivity contribution in [2.75, 3.05) is 12.8 Å². The molecule has 1 saturated carbocycles. The van der Waals surface area contributed by atoms with Gasteiger partial charge in [0.05, 0.1) is 19.0 Å². The quantitative estimate of drug-likeness (QED) is 0.939. The molecule has 0 aliphatic heterocycles. The number of hydrogen-bond acceptors (Lipinski definition) is 6. The molecule has 0 atom stereocenters. The van der Waals surface area contributed by atoms with E-state index in [-0.39, 0.29) is 6.10 Å². The lowest BCUT2D eigenvalue weighted by Gasteiger charge is -2.27. The SMILES string of the molecule is COc1ccc(OC2CCC(c3csc(N)n3)CC2)nc1. The van der Waals surface area contributed by atoms with Crippen LogP contribution in [0, 0.1) is 0 Å². The summed E-state index contributed by atoms with van der Waals surface area (Å²) in [6, 6.07) is 3.72. The van der Waals surface area contributed by atoms with E-state index in [1.54, 1.807) is 13.3 Å². The van der Waals surface area contributed by atoms with Gasteiger partial charge in [0.15, 0.2) is 5.13 Å². The Morgan fingerprint density at radius 2 is 2.05 bits per heavy atom. The van der Waals surface area contributed by atoms with Crippen molar-refractivity contribution in [2.45, 2.75) is 37.7 Å². The Balaban J connectivity index is 1.53. The fourth-order valence-corrected chi connectivity index (χ4v) is 3.34. The standard InChI is InChI=1S/C15H19N3O2S/c1-19-12-6-7-14(17-8-12)20-11-4-2-10(3-5-11)13-9-21-15(16)18-13/h6-11H,2-5H2,1H3,(H2,16,18). The normalized spacial score (nSPS) is 22.0. The molecule has 3 rings (SSSR count). The number of aromatic nitrogens is 2. The van der Waals surface area contributed by atoms with Crippen molar-refractivity contribution in [1.29, 1.82) is 0 Å². The molecule has 0 radical (unpaired) electrons. The van der Waals surface area contributed by atoms with Crippen LogP contribution < -0.4 is 15.2 Å². The first kappa shape index (κ1) is 14.1. The van der Waals surface area contributed by atoms with Crippen LogP contribution >= 0.6 is 11.3 Å². The van der Waals surface area contributed by atoms with Gasteiger partial charge in [0.1, 0.15) is 11.9 Å². The average Bonchev–Trinajstić information content (AvgIpc) is 2.95. The van der Waals surface area contributed by atoms with E-state index in [9.17, 15) is 0 Å². The van der Waals surface area contributed by atoms with Crippen molar-refractivity contribution >= 4 is 16.5 Å². The zero-order valence-corrected chi connectivity index (χ0v) is 12.8. The summed E-state index contributed by atoms with van der Waals surface area (Å²) >= 11 is 1.52. The number of methoxy groups -OCH3 is 1. The summed E-state index contributed by atoms with van der Waals surface area (Å²) in [6.45, 7) is 0. The summed E-state index contributed by atoms with van der Waals surface area (Å²) in [4.78, 5) is 8.64. The first-order valence-corrected chi connectivity index (χ1v) is 8.00. The van der Waals surface area contributed by atoms with Crippen LogP contribution in [0.5, 0.6) is 11.6 Å². The van der Waals surface area contributed by atoms with Crippen LogP contribution in [0.15, 0.2) is 23.7 Å². The second-order valence-corrected chi connectivity index (χ2v) is 6.13. The van der Waals surface area contributed by atoms with Crippen LogP contribution in [0.3, 0.4) is 0 Å². The van der Waals surface area contributed by atoms with E-state index in [1.807, 2.05) is 12.1 Å². The Kier molecular flexibility index (Phi) is 4.24. The van der Waals surface area contributed by atoms with Gasteiger partial charge in [0, 0.05) is 17.4 Å². The van der Waals surface area contributed by atoms with Crippen LogP contribution in [0.25, 0.3) is 0 Å². The minimum Gasteiger partial charge on any atom is -0.495 e. The Bertz CT molecular complexity index is 577. The Hall–Kier alpha value is -1.82. The Labute approximate surface area is 128 Å². The van der Waals surface area contributed by atoms with E-state index in [2.05, 4.69) is 15.3 Å². The molecule has 0 spiro atoms. The van der Waals surface area contributed by atoms with E-state index in [4.69, 9.17) is 15.2 Å². The molecule has 21 heavy (non-hydrogen) atoms. The van der Waals surface area contributed by atoms with Gasteiger partial charge in [-0.15, -0.1) is 11.3 Å². The number of nitrogen functional groups attached to an aromatic ring is 1. The van der Waals surface area contributed by atoms with Crippen LogP contribution in [0.1, 0.15) is 37.3 Å². The maximum absolute atomic E-state index is 5.94. The molecular formula is C15H19N3O2S. The second-order valence-electron chi connectivity index (χ2n) is 5.24. The molecule has 2 N–H and O–H groups in total. The summed E-state index contributed by atoms with van der Waals surface area (Å²) in [5.74, 6) is 1.92. The fourth-order valence-electron chi connectivity index (χ4n) is 2.69. The minimum atomic E-state index is 0.234. The molecule has 2 aromatic heterocycles. The highest BCUT2D eigenvalue weighted by atomic mass is 32.1. The molecule has 1 aliphatic carbocycles. The van der Waals surface area contributed by atoms with E-state index in [1.165, 1.54) is 11.3 Å². The van der Waals surface area contributed by atoms with Gasteiger partial charge in [-0.1, -0.05) is 0 Å². The zero-order chi connectivity index (χ0) is 14.7. The van der Waals surface area contributed by atoms with E-state index >= 15 is 0 Å². The molecule has 2 aromatic rings. The summed E-state index contributed by atoms with van der Waals surface area (Å²) < 4.78 is 11.0. The van der Waals surface area contributed by atoms with Gasteiger partial charge in [0.25, 0.3) is 0 Å². The first-order chi connectivity index (χ1) is 10.2. The number of rotatable bonds is 4. The average molecular weight is 305 g/mol. The molecule has 0 bridgehead atoms. The molecule has 1 aliphatic rings. The first-order valence-electron chi connectivity index (χ1n) is 7.12. The summed E-state index contributed by atoms with van der Waals surface area (Å²) in [6.07, 6.45) is 6.14. The number of anilines is 1. The summed E-state index contributed by atoms with van der Waals surface area (Å²) in [5, 5.41) is 2.73. The predicted molar refractivity (Wildman–Crippen MR) is 82.9 cm³/mol. The molecule has 0 unspecified atom stereocenters. The lowest BCUT2D eigenvalue weighted by Crippen LogP contribution is -2.23. The smallest absolute Gasteiger partial charge is 0.213 e. The number of nitrogens with two attached hydrogens (primary N) is 1. The van der Waals surface area contributed by atoms with Gasteiger partial charge in [-0.05, 0) is 31.7 Å². The van der Waals surface area contributed by atoms with Crippen molar-refractivity contribution < 1.29 is 9.47 Å². The minimum absolute atomic E-state index is 0.234. The lowest BCUT2D eigenvalue weighted by atomic mass is 9.86. The molecule has 0 saturated heterocycles. The number of ether oxygens (including phenoxy) is 2. The van der Waals surface area contributed by atoms with Crippen LogP contribution in [0.2, 0.25) is 0 Å². The highest BCUT2D eigenvalue weighted by Gasteiger charge is 2.25. The monoisotopic (exact) mass is 305 g/mol. The summed E-state index contributed by atoms with van der Waals surface area (Å²) in [5.41, 5.74) is 6.84. The Morgan fingerprint density at radius 1 is 1.24 bits per heavy atom. The maximum Gasteiger partial charge on any atom is 0.213 e. The third kappa shape index (κ3) is 3.44. The van der Waals surface area contributed by atoms with Gasteiger partial charge in [0.2, 0.25) is 5.88 Å². The molecular weight excluding hydrogens is 286 g/mol. The maximum atomic E-state index is 5.94. The van der Waals surface area contributed by atoms with Gasteiger partial charge in [-0.3, -0.25) is 0 Å². The zero-order valence-electron chi connectivity index (χ0n) is 12.0. The summed E-state index contributed by atoms with van der Waals surface area (Å²) in [7, 11) is 1.63. The highest BCUT2D eigenvalue weighted by Crippen LogP contribution is 2.35. The van der Waals surface area contributed by atoms with E-state index in [0.717, 1.165) is 37.1 Å². The van der Waals surface area contributed by atoms with Crippen molar-refractivity contribution in [3.05, 3.63) is 29.4 Å². The van der Waals surface area contributed by atoms with Gasteiger partial charge in [-0.2, -0.15) is 0 Å². The van der Waals surface area contributed by atoms with Crippen molar-refractivity contribution in [1.82, 2.24) is 9.97 Å². The Morgan fingerprint density at radius 3 is 2.62 bits per heavy atom. The molecule has 2 heterocycles. The predicted octanol–water partition coefficient (Wildman–Crippen LogP) is 3.23. The van der Waals surface area contributed by atoms with Crippen LogP contribution in [0.4, 0.5) is 5.13 Å². The third-order valence-electron chi connectivity index (χ3n) is 3.86. The van der Waals surface area contributed by atoms with Crippen molar-refractivity contribution in [3.8, 4) is 11.6 Å². The molecule has 6 heteroatoms. The number of pyridine rings is 1. The molecule has 112 valence electrons. The van der Waals surface area contributed by atoms with Crippen molar-refractivity contribution in [2.24, 2.45) is 0 Å². The molecule has 0 aromatic carbocycles. The van der Waals surface area contributed by atoms with E-state index < -0.39 is 0 Å². The molecule has 0 amide bonds. The van der Waals surface area contributed by atoms with Gasteiger partial charge >= 0.3 is 0 Å². The van der Waals surface area contributed by atoms with E-state index in [0.29, 0.717) is 16.9 Å². The molecule has 5 nitrogen and oxygen atoms in total. The highest BCUT2D eigenvalue weighted by molar-refractivity contribution is 7.13. The number of nitrogens with zero attached hydrogens (tertiary/aromatic N) is 2. The van der Waals surface area contributed by atoms with Gasteiger partial charge in [-0.25, -0.2) is 9.97 Å². The van der Waals surface area contributed by atoms with Crippen LogP contribution in [-0.2, 0) is 0 Å². The second kappa shape index (κ2) is 6.30. The van der Waals surface area contributed by atoms with Gasteiger partial charge < -0.3 is 15.2 Å². The van der Waals surface area contributed by atoms with Crippen LogP contribution in [-0.4, -0.2) is 23.2 Å². The lowest BCUT2D eigenvalue weighted by molar-refractivity contribution is 0.140. The molecule has 1 fully saturated rings. The number of hydrogen-bond donors (Lipinski definition) is 1.